The van der Waals surface area contributed by atoms with Gasteiger partial charge in [-0.15, -0.1) is 0 Å². The van der Waals surface area contributed by atoms with E-state index in [1.807, 2.05) is 0 Å². The number of hydrogen-bond acceptors (Lipinski definition) is 4. The van der Waals surface area contributed by atoms with Crippen LogP contribution in [0.5, 0.6) is 5.75 Å². The Hall–Kier alpha value is -2.57. The van der Waals surface area contributed by atoms with Gasteiger partial charge in [0.15, 0.2) is 0 Å². The highest BCUT2D eigenvalue weighted by molar-refractivity contribution is 5.98. The lowest BCUT2D eigenvalue weighted by Crippen LogP contribution is -2.41. The summed E-state index contributed by atoms with van der Waals surface area (Å²) in [4.78, 5) is 33.7. The van der Waals surface area contributed by atoms with Gasteiger partial charge in [0.2, 0.25) is 5.91 Å². The number of carboxylic acids is 1. The molecule has 2 amide bonds. The van der Waals surface area contributed by atoms with Gasteiger partial charge in [0, 0.05) is 17.5 Å². The first kappa shape index (κ1) is 15.5. The second-order valence-electron chi connectivity index (χ2n) is 4.32. The van der Waals surface area contributed by atoms with Gasteiger partial charge in [0.05, 0.1) is 0 Å². The van der Waals surface area contributed by atoms with E-state index < -0.39 is 23.8 Å². The highest BCUT2D eigenvalue weighted by Crippen LogP contribution is 2.19. The molecule has 0 saturated heterocycles. The van der Waals surface area contributed by atoms with Gasteiger partial charge in [-0.3, -0.25) is 9.59 Å². The summed E-state index contributed by atoms with van der Waals surface area (Å²) in [6.07, 6.45) is -0.232. The Balaban J connectivity index is 2.83. The fourth-order valence-electron chi connectivity index (χ4n) is 1.65. The van der Waals surface area contributed by atoms with Crippen LogP contribution < -0.4 is 11.1 Å². The van der Waals surface area contributed by atoms with Gasteiger partial charge < -0.3 is 21.3 Å². The molecular weight excluding hydrogens is 264 g/mol. The van der Waals surface area contributed by atoms with Crippen LogP contribution in [0.25, 0.3) is 0 Å². The number of carbonyl (C=O) groups is 3. The van der Waals surface area contributed by atoms with Gasteiger partial charge >= 0.3 is 5.97 Å². The molecule has 1 aromatic carbocycles. The molecule has 0 saturated carbocycles. The normalized spacial score (nSPS) is 11.7. The molecule has 0 unspecified atom stereocenters. The van der Waals surface area contributed by atoms with E-state index in [0.29, 0.717) is 5.56 Å². The maximum absolute atomic E-state index is 12.0. The predicted molar refractivity (Wildman–Crippen MR) is 70.2 cm³/mol. The molecule has 0 aliphatic heterocycles. The summed E-state index contributed by atoms with van der Waals surface area (Å²) < 4.78 is 0. The molecular formula is C13H16N2O5. The maximum Gasteiger partial charge on any atom is 0.326 e. The van der Waals surface area contributed by atoms with Crippen molar-refractivity contribution >= 4 is 17.8 Å². The number of amides is 2. The lowest BCUT2D eigenvalue weighted by Gasteiger charge is -2.15. The number of rotatable bonds is 6. The van der Waals surface area contributed by atoms with Crippen LogP contribution in [0.1, 0.15) is 28.8 Å². The minimum atomic E-state index is -1.25. The van der Waals surface area contributed by atoms with Crippen LogP contribution in [-0.4, -0.2) is 34.0 Å². The second-order valence-corrected chi connectivity index (χ2v) is 4.32. The SMILES string of the molecule is Cc1c(O)cccc1C(=O)N[C@@H](CCC(N)=O)C(=O)O. The molecule has 1 atom stereocenters. The van der Waals surface area contributed by atoms with Crippen molar-refractivity contribution in [2.45, 2.75) is 25.8 Å². The molecule has 5 N–H and O–H groups in total. The first-order valence-corrected chi connectivity index (χ1v) is 5.93. The van der Waals surface area contributed by atoms with Crippen LogP contribution in [0, 0.1) is 6.92 Å². The highest BCUT2D eigenvalue weighted by atomic mass is 16.4. The van der Waals surface area contributed by atoms with Crippen LogP contribution in [0.3, 0.4) is 0 Å². The minimum absolute atomic E-state index is 0.0540. The third-order valence-electron chi connectivity index (χ3n) is 2.83. The quantitative estimate of drug-likeness (QED) is 0.589. The number of hydrogen-bond donors (Lipinski definition) is 4. The van der Waals surface area contributed by atoms with Crippen LogP contribution >= 0.6 is 0 Å². The smallest absolute Gasteiger partial charge is 0.326 e. The van der Waals surface area contributed by atoms with Crippen LogP contribution in [0.15, 0.2) is 18.2 Å². The largest absolute Gasteiger partial charge is 0.508 e. The number of carboxylic acid groups (broad SMARTS) is 1. The van der Waals surface area contributed by atoms with Crippen molar-refractivity contribution in [2.24, 2.45) is 5.73 Å². The molecule has 0 spiro atoms. The summed E-state index contributed by atoms with van der Waals surface area (Å²) in [6.45, 7) is 1.55. The van der Waals surface area contributed by atoms with Crippen molar-refractivity contribution < 1.29 is 24.6 Å². The Labute approximate surface area is 115 Å². The Kier molecular flexibility index (Phi) is 5.08. The number of nitrogens with one attached hydrogen (secondary N) is 1. The number of nitrogens with two attached hydrogens (primary N) is 1. The standard InChI is InChI=1S/C13H16N2O5/c1-7-8(3-2-4-10(7)16)12(18)15-9(13(19)20)5-6-11(14)17/h2-4,9,16H,5-6H2,1H3,(H2,14,17)(H,15,18)(H,19,20)/t9-/m0/s1. The monoisotopic (exact) mass is 280 g/mol. The Morgan fingerprint density at radius 3 is 2.55 bits per heavy atom. The predicted octanol–water partition coefficient (Wildman–Crippen LogP) is 0.149. The lowest BCUT2D eigenvalue weighted by molar-refractivity contribution is -0.139. The Bertz CT molecular complexity index is 542. The number of phenols is 1. The first-order valence-electron chi connectivity index (χ1n) is 5.93. The molecule has 1 rings (SSSR count). The van der Waals surface area contributed by atoms with Crippen molar-refractivity contribution in [3.63, 3.8) is 0 Å². The van der Waals surface area contributed by atoms with Crippen molar-refractivity contribution in [1.82, 2.24) is 5.32 Å². The molecule has 0 radical (unpaired) electrons. The number of aromatic hydroxyl groups is 1. The van der Waals surface area contributed by atoms with Gasteiger partial charge in [-0.1, -0.05) is 6.07 Å². The average molecular weight is 280 g/mol. The number of carbonyl (C=O) groups excluding carboxylic acids is 2. The molecule has 1 aromatic rings. The molecule has 7 heteroatoms. The van der Waals surface area contributed by atoms with E-state index in [1.54, 1.807) is 6.92 Å². The second kappa shape index (κ2) is 6.55. The molecule has 7 nitrogen and oxygen atoms in total. The van der Waals surface area contributed by atoms with Gasteiger partial charge in [-0.25, -0.2) is 4.79 Å². The zero-order valence-corrected chi connectivity index (χ0v) is 10.9. The number of primary amides is 1. The third kappa shape index (κ3) is 3.98. The van der Waals surface area contributed by atoms with Gasteiger partial charge in [0.1, 0.15) is 11.8 Å². The van der Waals surface area contributed by atoms with Crippen LogP contribution in [0.4, 0.5) is 0 Å². The summed E-state index contributed by atoms with van der Waals surface area (Å²) in [5.74, 6) is -2.58. The lowest BCUT2D eigenvalue weighted by atomic mass is 10.1. The molecule has 108 valence electrons. The number of benzene rings is 1. The van der Waals surface area contributed by atoms with Gasteiger partial charge in [0.25, 0.3) is 5.91 Å². The number of aliphatic carboxylic acids is 1. The summed E-state index contributed by atoms with van der Waals surface area (Å²) in [6, 6.07) is 3.17. The summed E-state index contributed by atoms with van der Waals surface area (Å²) in [5, 5.41) is 20.8. The van der Waals surface area contributed by atoms with E-state index in [1.165, 1.54) is 18.2 Å². The number of phenolic OH excluding ortho intramolecular Hbond substituents is 1. The Morgan fingerprint density at radius 1 is 1.35 bits per heavy atom. The van der Waals surface area contributed by atoms with Gasteiger partial charge in [-0.05, 0) is 25.5 Å². The van der Waals surface area contributed by atoms with E-state index in [4.69, 9.17) is 10.8 Å². The van der Waals surface area contributed by atoms with Crippen molar-refractivity contribution in [3.05, 3.63) is 29.3 Å². The van der Waals surface area contributed by atoms with E-state index in [-0.39, 0.29) is 24.2 Å². The van der Waals surface area contributed by atoms with Gasteiger partial charge in [-0.2, -0.15) is 0 Å². The average Bonchev–Trinajstić information content (AvgIpc) is 2.36. The van der Waals surface area contributed by atoms with E-state index in [0.717, 1.165) is 0 Å². The summed E-state index contributed by atoms with van der Waals surface area (Å²) in [5.41, 5.74) is 5.48. The molecule has 0 bridgehead atoms. The molecule has 0 fully saturated rings. The molecule has 0 aliphatic carbocycles. The zero-order valence-electron chi connectivity index (χ0n) is 10.9. The van der Waals surface area contributed by atoms with Crippen LogP contribution in [-0.2, 0) is 9.59 Å². The minimum Gasteiger partial charge on any atom is -0.508 e. The van der Waals surface area contributed by atoms with E-state index >= 15 is 0 Å². The summed E-state index contributed by atoms with van der Waals surface area (Å²) >= 11 is 0. The van der Waals surface area contributed by atoms with E-state index in [2.05, 4.69) is 5.32 Å². The molecule has 20 heavy (non-hydrogen) atoms. The fourth-order valence-corrected chi connectivity index (χ4v) is 1.65. The molecule has 0 heterocycles. The third-order valence-corrected chi connectivity index (χ3v) is 2.83. The van der Waals surface area contributed by atoms with Crippen molar-refractivity contribution in [1.29, 1.82) is 0 Å². The topological polar surface area (TPSA) is 130 Å². The first-order chi connectivity index (χ1) is 9.32. The van der Waals surface area contributed by atoms with E-state index in [9.17, 15) is 19.5 Å². The Morgan fingerprint density at radius 2 is 2.00 bits per heavy atom. The fraction of sp³-hybridized carbons (Fsp3) is 0.308. The zero-order chi connectivity index (χ0) is 15.3. The molecule has 0 aliphatic rings. The molecule has 0 aromatic heterocycles. The van der Waals surface area contributed by atoms with Crippen molar-refractivity contribution in [2.75, 3.05) is 0 Å². The highest BCUT2D eigenvalue weighted by Gasteiger charge is 2.22. The maximum atomic E-state index is 12.0. The summed E-state index contributed by atoms with van der Waals surface area (Å²) in [7, 11) is 0. The van der Waals surface area contributed by atoms with Crippen molar-refractivity contribution in [3.8, 4) is 5.75 Å². The van der Waals surface area contributed by atoms with Crippen LogP contribution in [0.2, 0.25) is 0 Å².